The standard InChI is InChI=1S/C19H19ClF2N2O3S/c20-17-11-14(6-9-18(17)22)23-19(25)12-15-3-1-2-10-24(15)28(26,27)16-7-4-13(21)5-8-16/h4-9,11,15H,1-3,10,12H2,(H,23,25)/t15-/m0/s1. The van der Waals surface area contributed by atoms with Crippen LogP contribution in [0.4, 0.5) is 14.5 Å². The van der Waals surface area contributed by atoms with Crippen LogP contribution in [0.1, 0.15) is 25.7 Å². The molecule has 1 aliphatic rings. The van der Waals surface area contributed by atoms with Gasteiger partial charge < -0.3 is 5.32 Å². The summed E-state index contributed by atoms with van der Waals surface area (Å²) in [5.41, 5.74) is 0.333. The molecular weight excluding hydrogens is 410 g/mol. The van der Waals surface area contributed by atoms with Crippen molar-refractivity contribution in [3.8, 4) is 0 Å². The number of rotatable bonds is 5. The summed E-state index contributed by atoms with van der Waals surface area (Å²) in [5.74, 6) is -1.51. The Bertz CT molecular complexity index is 968. The lowest BCUT2D eigenvalue weighted by Gasteiger charge is -2.34. The van der Waals surface area contributed by atoms with E-state index in [1.54, 1.807) is 0 Å². The van der Waals surface area contributed by atoms with E-state index in [-0.39, 0.29) is 16.3 Å². The molecule has 0 unspecified atom stereocenters. The Morgan fingerprint density at radius 1 is 1.14 bits per heavy atom. The highest BCUT2D eigenvalue weighted by Crippen LogP contribution is 2.28. The second-order valence-corrected chi connectivity index (χ2v) is 8.90. The Morgan fingerprint density at radius 2 is 1.86 bits per heavy atom. The van der Waals surface area contributed by atoms with Gasteiger partial charge >= 0.3 is 0 Å². The van der Waals surface area contributed by atoms with Crippen LogP contribution in [0.2, 0.25) is 5.02 Å². The van der Waals surface area contributed by atoms with Crippen LogP contribution in [-0.4, -0.2) is 31.2 Å². The zero-order chi connectivity index (χ0) is 20.3. The van der Waals surface area contributed by atoms with Crippen molar-refractivity contribution in [3.63, 3.8) is 0 Å². The zero-order valence-electron chi connectivity index (χ0n) is 14.9. The van der Waals surface area contributed by atoms with Gasteiger partial charge in [-0.15, -0.1) is 0 Å². The van der Waals surface area contributed by atoms with E-state index in [2.05, 4.69) is 5.32 Å². The first-order valence-electron chi connectivity index (χ1n) is 8.79. The van der Waals surface area contributed by atoms with Crippen LogP contribution in [0.3, 0.4) is 0 Å². The van der Waals surface area contributed by atoms with Crippen molar-refractivity contribution in [1.29, 1.82) is 0 Å². The Kier molecular flexibility index (Phi) is 6.32. The molecule has 1 aliphatic heterocycles. The summed E-state index contributed by atoms with van der Waals surface area (Å²) >= 11 is 5.71. The maximum atomic E-state index is 13.2. The first-order valence-corrected chi connectivity index (χ1v) is 10.6. The van der Waals surface area contributed by atoms with Gasteiger partial charge in [-0.2, -0.15) is 4.31 Å². The molecule has 0 aromatic heterocycles. The van der Waals surface area contributed by atoms with Crippen molar-refractivity contribution in [2.75, 3.05) is 11.9 Å². The van der Waals surface area contributed by atoms with E-state index >= 15 is 0 Å². The number of nitrogens with zero attached hydrogens (tertiary/aromatic N) is 1. The smallest absolute Gasteiger partial charge is 0.243 e. The van der Waals surface area contributed by atoms with E-state index in [0.29, 0.717) is 25.1 Å². The molecule has 1 heterocycles. The van der Waals surface area contributed by atoms with Gasteiger partial charge in [0, 0.05) is 24.7 Å². The molecule has 5 nitrogen and oxygen atoms in total. The van der Waals surface area contributed by atoms with Crippen molar-refractivity contribution in [3.05, 3.63) is 59.1 Å². The molecule has 1 atom stereocenters. The van der Waals surface area contributed by atoms with Gasteiger partial charge in [-0.3, -0.25) is 4.79 Å². The van der Waals surface area contributed by atoms with Gasteiger partial charge in [0.25, 0.3) is 0 Å². The summed E-state index contributed by atoms with van der Waals surface area (Å²) < 4.78 is 53.6. The Labute approximate surface area is 167 Å². The molecular formula is C19H19ClF2N2O3S. The number of carbonyl (C=O) groups excluding carboxylic acids is 1. The van der Waals surface area contributed by atoms with Crippen LogP contribution >= 0.6 is 11.6 Å². The summed E-state index contributed by atoms with van der Waals surface area (Å²) in [6, 6.07) is 7.93. The van der Waals surface area contributed by atoms with Crippen LogP contribution in [0, 0.1) is 11.6 Å². The lowest BCUT2D eigenvalue weighted by atomic mass is 10.0. The fourth-order valence-corrected chi connectivity index (χ4v) is 5.11. The van der Waals surface area contributed by atoms with Gasteiger partial charge in [-0.1, -0.05) is 18.0 Å². The number of nitrogens with one attached hydrogen (secondary N) is 1. The number of amides is 1. The van der Waals surface area contributed by atoms with Crippen molar-refractivity contribution >= 4 is 33.2 Å². The lowest BCUT2D eigenvalue weighted by Crippen LogP contribution is -2.45. The quantitative estimate of drug-likeness (QED) is 0.776. The number of sulfonamides is 1. The molecule has 1 N–H and O–H groups in total. The van der Waals surface area contributed by atoms with Crippen LogP contribution in [0.25, 0.3) is 0 Å². The van der Waals surface area contributed by atoms with Crippen LogP contribution < -0.4 is 5.32 Å². The van der Waals surface area contributed by atoms with Crippen LogP contribution in [0.5, 0.6) is 0 Å². The molecule has 2 aromatic carbocycles. The molecule has 3 rings (SSSR count). The minimum absolute atomic E-state index is 0.00785. The van der Waals surface area contributed by atoms with Crippen LogP contribution in [0.15, 0.2) is 47.4 Å². The fourth-order valence-electron chi connectivity index (χ4n) is 3.24. The topological polar surface area (TPSA) is 66.5 Å². The van der Waals surface area contributed by atoms with Gasteiger partial charge in [-0.25, -0.2) is 17.2 Å². The van der Waals surface area contributed by atoms with Gasteiger partial charge in [0.1, 0.15) is 11.6 Å². The molecule has 28 heavy (non-hydrogen) atoms. The van der Waals surface area contributed by atoms with Crippen molar-refractivity contribution in [1.82, 2.24) is 4.31 Å². The highest BCUT2D eigenvalue weighted by Gasteiger charge is 2.34. The summed E-state index contributed by atoms with van der Waals surface area (Å²) in [5, 5.41) is 2.50. The van der Waals surface area contributed by atoms with Gasteiger partial charge in [0.2, 0.25) is 15.9 Å². The highest BCUT2D eigenvalue weighted by molar-refractivity contribution is 7.89. The van der Waals surface area contributed by atoms with E-state index in [4.69, 9.17) is 11.6 Å². The number of carbonyl (C=O) groups is 1. The Balaban J connectivity index is 1.74. The highest BCUT2D eigenvalue weighted by atomic mass is 35.5. The van der Waals surface area contributed by atoms with E-state index in [0.717, 1.165) is 24.6 Å². The molecule has 1 fully saturated rings. The molecule has 1 amide bonds. The number of piperidine rings is 1. The van der Waals surface area contributed by atoms with Gasteiger partial charge in [0.05, 0.1) is 9.92 Å². The summed E-state index contributed by atoms with van der Waals surface area (Å²) in [6.45, 7) is 0.292. The van der Waals surface area contributed by atoms with Gasteiger partial charge in [0.15, 0.2) is 0 Å². The first kappa shape index (κ1) is 20.7. The molecule has 9 heteroatoms. The molecule has 2 aromatic rings. The average molecular weight is 429 g/mol. The van der Waals surface area contributed by atoms with Gasteiger partial charge in [-0.05, 0) is 55.3 Å². The average Bonchev–Trinajstić information content (AvgIpc) is 2.65. The summed E-state index contributed by atoms with van der Waals surface area (Å²) in [6.07, 6.45) is 1.98. The lowest BCUT2D eigenvalue weighted by molar-refractivity contribution is -0.117. The minimum Gasteiger partial charge on any atom is -0.326 e. The third-order valence-electron chi connectivity index (χ3n) is 4.62. The fraction of sp³-hybridized carbons (Fsp3) is 0.316. The summed E-state index contributed by atoms with van der Waals surface area (Å²) in [7, 11) is -3.84. The number of halogens is 3. The van der Waals surface area contributed by atoms with E-state index in [1.165, 1.54) is 28.6 Å². The summed E-state index contributed by atoms with van der Waals surface area (Å²) in [4.78, 5) is 12.4. The van der Waals surface area contributed by atoms with Crippen LogP contribution in [-0.2, 0) is 14.8 Å². The molecule has 0 aliphatic carbocycles. The second kappa shape index (κ2) is 8.55. The normalized spacial score (nSPS) is 18.0. The third-order valence-corrected chi connectivity index (χ3v) is 6.87. The minimum atomic E-state index is -3.84. The Morgan fingerprint density at radius 3 is 2.54 bits per heavy atom. The number of benzene rings is 2. The molecule has 1 saturated heterocycles. The molecule has 0 saturated carbocycles. The molecule has 150 valence electrons. The van der Waals surface area contributed by atoms with E-state index in [9.17, 15) is 22.0 Å². The van der Waals surface area contributed by atoms with Crippen molar-refractivity contribution < 1.29 is 22.0 Å². The monoisotopic (exact) mass is 428 g/mol. The zero-order valence-corrected chi connectivity index (χ0v) is 16.4. The van der Waals surface area contributed by atoms with Crippen molar-refractivity contribution in [2.24, 2.45) is 0 Å². The molecule has 0 spiro atoms. The van der Waals surface area contributed by atoms with Crippen molar-refractivity contribution in [2.45, 2.75) is 36.6 Å². The first-order chi connectivity index (χ1) is 13.3. The predicted molar refractivity (Wildman–Crippen MR) is 103 cm³/mol. The Hall–Kier alpha value is -2.03. The second-order valence-electron chi connectivity index (χ2n) is 6.60. The molecule has 0 radical (unpaired) electrons. The number of anilines is 1. The number of hydrogen-bond donors (Lipinski definition) is 1. The molecule has 0 bridgehead atoms. The predicted octanol–water partition coefficient (Wildman–Crippen LogP) is 4.19. The SMILES string of the molecule is O=C(C[C@@H]1CCCCN1S(=O)(=O)c1ccc(F)cc1)Nc1ccc(F)c(Cl)c1. The largest absolute Gasteiger partial charge is 0.326 e. The van der Waals surface area contributed by atoms with E-state index < -0.39 is 33.6 Å². The number of hydrogen-bond acceptors (Lipinski definition) is 3. The third kappa shape index (κ3) is 4.68. The maximum Gasteiger partial charge on any atom is 0.243 e. The maximum absolute atomic E-state index is 13.2. The van der Waals surface area contributed by atoms with E-state index in [1.807, 2.05) is 0 Å².